The van der Waals surface area contributed by atoms with E-state index in [1.54, 1.807) is 12.1 Å². The molecule has 0 fully saturated rings. The van der Waals surface area contributed by atoms with Crippen molar-refractivity contribution in [3.05, 3.63) is 24.0 Å². The van der Waals surface area contributed by atoms with Crippen LogP contribution in [0, 0.1) is 0 Å². The van der Waals surface area contributed by atoms with Gasteiger partial charge in [0.25, 0.3) is 0 Å². The summed E-state index contributed by atoms with van der Waals surface area (Å²) in [6.45, 7) is 0. The van der Waals surface area contributed by atoms with Crippen molar-refractivity contribution in [3.63, 3.8) is 0 Å². The Kier molecular flexibility index (Phi) is 2.00. The number of carbonyl (C=O) groups is 1. The normalized spacial score (nSPS) is 10.5. The van der Waals surface area contributed by atoms with Gasteiger partial charge in [0.2, 0.25) is 5.76 Å². The number of nitrogen functional groups attached to an aromatic ring is 1. The second-order valence-corrected chi connectivity index (χ2v) is 3.02. The molecule has 5 nitrogen and oxygen atoms in total. The molecule has 0 aliphatic heterocycles. The maximum atomic E-state index is 10.7. The Bertz CT molecular complexity index is 529. The number of carboxylic acid groups (broad SMARTS) is 1. The third kappa shape index (κ3) is 1.38. The van der Waals surface area contributed by atoms with Crippen molar-refractivity contribution in [2.45, 2.75) is 0 Å². The molecule has 2 aromatic rings. The summed E-state index contributed by atoms with van der Waals surface area (Å²) >= 11 is 0. The predicted octanol–water partition coefficient (Wildman–Crippen LogP) is 1.72. The number of aromatic carboxylic acids is 1. The lowest BCUT2D eigenvalue weighted by atomic mass is 10.2. The summed E-state index contributed by atoms with van der Waals surface area (Å²) in [5, 5.41) is 9.31. The molecule has 1 aromatic carbocycles. The van der Waals surface area contributed by atoms with Gasteiger partial charge in [-0.15, -0.1) is 0 Å². The van der Waals surface area contributed by atoms with Gasteiger partial charge in [0.1, 0.15) is 0 Å². The van der Waals surface area contributed by atoms with E-state index >= 15 is 0 Å². The maximum Gasteiger partial charge on any atom is 0.371 e. The van der Waals surface area contributed by atoms with Crippen LogP contribution >= 0.6 is 0 Å². The number of anilines is 1. The molecule has 0 amide bonds. The van der Waals surface area contributed by atoms with Gasteiger partial charge in [0.15, 0.2) is 11.3 Å². The van der Waals surface area contributed by atoms with Gasteiger partial charge in [-0.1, -0.05) is 0 Å². The smallest absolute Gasteiger partial charge is 0.371 e. The van der Waals surface area contributed by atoms with Gasteiger partial charge in [-0.2, -0.15) is 0 Å². The van der Waals surface area contributed by atoms with E-state index in [2.05, 4.69) is 0 Å². The van der Waals surface area contributed by atoms with Gasteiger partial charge in [-0.25, -0.2) is 4.79 Å². The van der Waals surface area contributed by atoms with Crippen LogP contribution in [0.3, 0.4) is 0 Å². The molecule has 5 heteroatoms. The maximum absolute atomic E-state index is 10.7. The molecule has 0 unspecified atom stereocenters. The summed E-state index contributed by atoms with van der Waals surface area (Å²) in [5.41, 5.74) is 6.50. The highest BCUT2D eigenvalue weighted by Gasteiger charge is 2.15. The summed E-state index contributed by atoms with van der Waals surface area (Å²) in [6, 6.07) is 4.66. The Morgan fingerprint density at radius 2 is 2.27 bits per heavy atom. The zero-order valence-electron chi connectivity index (χ0n) is 7.98. The minimum atomic E-state index is -1.13. The van der Waals surface area contributed by atoms with Crippen LogP contribution < -0.4 is 10.5 Å². The number of hydrogen-bond acceptors (Lipinski definition) is 4. The molecular weight excluding hydrogens is 198 g/mol. The quantitative estimate of drug-likeness (QED) is 0.732. The Morgan fingerprint density at radius 1 is 1.53 bits per heavy atom. The molecule has 0 saturated carbocycles. The van der Waals surface area contributed by atoms with Crippen molar-refractivity contribution in [2.24, 2.45) is 0 Å². The number of ether oxygens (including phenoxy) is 1. The van der Waals surface area contributed by atoms with E-state index < -0.39 is 5.97 Å². The number of furan rings is 1. The van der Waals surface area contributed by atoms with Gasteiger partial charge in [-0.05, 0) is 12.1 Å². The SMILES string of the molecule is COc1ccc(N)c2cc(C(=O)O)oc12. The van der Waals surface area contributed by atoms with Crippen LogP contribution in [-0.2, 0) is 0 Å². The Morgan fingerprint density at radius 3 is 2.87 bits per heavy atom. The topological polar surface area (TPSA) is 85.7 Å². The lowest BCUT2D eigenvalue weighted by Crippen LogP contribution is -1.91. The lowest BCUT2D eigenvalue weighted by molar-refractivity contribution is 0.0665. The number of nitrogens with two attached hydrogens (primary N) is 1. The fourth-order valence-electron chi connectivity index (χ4n) is 1.39. The molecule has 0 aliphatic rings. The summed E-state index contributed by atoms with van der Waals surface area (Å²) in [5.74, 6) is -0.819. The van der Waals surface area contributed by atoms with Crippen molar-refractivity contribution in [3.8, 4) is 5.75 Å². The summed E-state index contributed by atoms with van der Waals surface area (Å²) in [7, 11) is 1.48. The van der Waals surface area contributed by atoms with E-state index in [9.17, 15) is 4.79 Å². The molecule has 1 aromatic heterocycles. The fraction of sp³-hybridized carbons (Fsp3) is 0.100. The molecule has 15 heavy (non-hydrogen) atoms. The first-order valence-electron chi connectivity index (χ1n) is 4.23. The second-order valence-electron chi connectivity index (χ2n) is 3.02. The molecule has 0 saturated heterocycles. The average molecular weight is 207 g/mol. The first kappa shape index (κ1) is 9.39. The van der Waals surface area contributed by atoms with E-state index in [0.29, 0.717) is 22.4 Å². The fourth-order valence-corrected chi connectivity index (χ4v) is 1.39. The Balaban J connectivity index is 2.77. The highest BCUT2D eigenvalue weighted by atomic mass is 16.5. The van der Waals surface area contributed by atoms with Crippen LogP contribution in [0.25, 0.3) is 11.0 Å². The molecule has 1 heterocycles. The van der Waals surface area contributed by atoms with Crippen molar-refractivity contribution >= 4 is 22.6 Å². The zero-order chi connectivity index (χ0) is 11.0. The first-order valence-corrected chi connectivity index (χ1v) is 4.23. The minimum absolute atomic E-state index is 0.152. The third-order valence-electron chi connectivity index (χ3n) is 2.11. The molecule has 0 spiro atoms. The van der Waals surface area contributed by atoms with Gasteiger partial charge in [-0.3, -0.25) is 0 Å². The van der Waals surface area contributed by atoms with Crippen LogP contribution in [-0.4, -0.2) is 18.2 Å². The molecule has 0 radical (unpaired) electrons. The molecule has 2 rings (SSSR count). The number of methoxy groups -OCH3 is 1. The van der Waals surface area contributed by atoms with Gasteiger partial charge < -0.3 is 20.0 Å². The number of carboxylic acids is 1. The zero-order valence-corrected chi connectivity index (χ0v) is 7.98. The molecule has 78 valence electrons. The van der Waals surface area contributed by atoms with E-state index in [0.717, 1.165) is 0 Å². The minimum Gasteiger partial charge on any atom is -0.493 e. The Hall–Kier alpha value is -2.17. The Labute approximate surface area is 85.0 Å². The van der Waals surface area contributed by atoms with Crippen molar-refractivity contribution in [1.82, 2.24) is 0 Å². The van der Waals surface area contributed by atoms with E-state index in [1.165, 1.54) is 13.2 Å². The molecule has 0 atom stereocenters. The van der Waals surface area contributed by atoms with Crippen molar-refractivity contribution in [1.29, 1.82) is 0 Å². The van der Waals surface area contributed by atoms with Crippen LogP contribution in [0.1, 0.15) is 10.6 Å². The van der Waals surface area contributed by atoms with Crippen LogP contribution in [0.5, 0.6) is 5.75 Å². The molecular formula is C10H9NO4. The highest BCUT2D eigenvalue weighted by molar-refractivity contribution is 5.98. The van der Waals surface area contributed by atoms with Gasteiger partial charge >= 0.3 is 5.97 Å². The number of fused-ring (bicyclic) bond motifs is 1. The van der Waals surface area contributed by atoms with Crippen molar-refractivity contribution in [2.75, 3.05) is 12.8 Å². The largest absolute Gasteiger partial charge is 0.493 e. The number of rotatable bonds is 2. The van der Waals surface area contributed by atoms with E-state index in [4.69, 9.17) is 20.0 Å². The van der Waals surface area contributed by atoms with Gasteiger partial charge in [0.05, 0.1) is 7.11 Å². The van der Waals surface area contributed by atoms with Crippen LogP contribution in [0.15, 0.2) is 22.6 Å². The number of benzene rings is 1. The van der Waals surface area contributed by atoms with E-state index in [1.807, 2.05) is 0 Å². The lowest BCUT2D eigenvalue weighted by Gasteiger charge is -2.01. The molecule has 3 N–H and O–H groups in total. The summed E-state index contributed by atoms with van der Waals surface area (Å²) in [6.07, 6.45) is 0. The average Bonchev–Trinajstić information content (AvgIpc) is 2.64. The molecule has 0 aliphatic carbocycles. The van der Waals surface area contributed by atoms with E-state index in [-0.39, 0.29) is 5.76 Å². The summed E-state index contributed by atoms with van der Waals surface area (Å²) < 4.78 is 10.2. The van der Waals surface area contributed by atoms with Crippen molar-refractivity contribution < 1.29 is 19.1 Å². The first-order chi connectivity index (χ1) is 7.13. The standard InChI is InChI=1S/C10H9NO4/c1-14-7-3-2-6(11)5-4-8(10(12)13)15-9(5)7/h2-4H,11H2,1H3,(H,12,13). The second kappa shape index (κ2) is 3.20. The monoisotopic (exact) mass is 207 g/mol. The summed E-state index contributed by atoms with van der Waals surface area (Å²) in [4.78, 5) is 10.7. The van der Waals surface area contributed by atoms with Crippen LogP contribution in [0.4, 0.5) is 5.69 Å². The number of hydrogen-bond donors (Lipinski definition) is 2. The third-order valence-corrected chi connectivity index (χ3v) is 2.11. The van der Waals surface area contributed by atoms with Gasteiger partial charge in [0, 0.05) is 17.1 Å². The van der Waals surface area contributed by atoms with Crippen LogP contribution in [0.2, 0.25) is 0 Å². The predicted molar refractivity (Wildman–Crippen MR) is 54.1 cm³/mol. The molecule has 0 bridgehead atoms. The highest BCUT2D eigenvalue weighted by Crippen LogP contribution is 2.32.